The summed E-state index contributed by atoms with van der Waals surface area (Å²) in [5.41, 5.74) is 2.18. The number of hydrogen-bond donors (Lipinski definition) is 0. The number of benzene rings is 1. The fraction of sp³-hybridized carbons (Fsp3) is 0.400. The van der Waals surface area contributed by atoms with Crippen molar-refractivity contribution in [1.82, 2.24) is 9.88 Å². The summed E-state index contributed by atoms with van der Waals surface area (Å²) in [6.45, 7) is 6.82. The first-order chi connectivity index (χ1) is 11.6. The smallest absolute Gasteiger partial charge is 0.223 e. The molecule has 1 heterocycles. The number of nitrogens with zero attached hydrogens (tertiary/aromatic N) is 2. The molecule has 1 aromatic heterocycles. The Bertz CT molecular complexity index is 658. The van der Waals surface area contributed by atoms with Crippen molar-refractivity contribution in [3.8, 4) is 5.75 Å². The molecule has 2 aromatic rings. The average Bonchev–Trinajstić information content (AvgIpc) is 2.63. The molecule has 0 bridgehead atoms. The lowest BCUT2D eigenvalue weighted by Gasteiger charge is -2.29. The second kappa shape index (κ2) is 8.48. The molecule has 0 fully saturated rings. The highest BCUT2D eigenvalue weighted by Crippen LogP contribution is 2.26. The predicted molar refractivity (Wildman–Crippen MR) is 96.1 cm³/mol. The van der Waals surface area contributed by atoms with Gasteiger partial charge in [0.1, 0.15) is 5.75 Å². The molecule has 0 aliphatic heterocycles. The Morgan fingerprint density at radius 3 is 2.58 bits per heavy atom. The topological polar surface area (TPSA) is 42.4 Å². The Hall–Kier alpha value is -2.36. The number of carbonyl (C=O) groups excluding carboxylic acids is 1. The zero-order valence-corrected chi connectivity index (χ0v) is 14.9. The summed E-state index contributed by atoms with van der Waals surface area (Å²) in [7, 11) is 1.65. The van der Waals surface area contributed by atoms with E-state index < -0.39 is 0 Å². The van der Waals surface area contributed by atoms with Crippen LogP contribution in [0.15, 0.2) is 48.8 Å². The summed E-state index contributed by atoms with van der Waals surface area (Å²) in [5, 5.41) is 0. The Kier molecular flexibility index (Phi) is 6.36. The molecule has 1 aromatic carbocycles. The van der Waals surface area contributed by atoms with Gasteiger partial charge in [0, 0.05) is 25.4 Å². The maximum absolute atomic E-state index is 12.8. The zero-order valence-electron chi connectivity index (χ0n) is 14.9. The molecular weight excluding hydrogens is 300 g/mol. The SMILES string of the molecule is CCN(C(=O)C[C@@H](C)c1cccnc1)[C@H](C)c1cccc(OC)c1. The Morgan fingerprint density at radius 1 is 1.21 bits per heavy atom. The third-order valence-electron chi connectivity index (χ3n) is 4.44. The highest BCUT2D eigenvalue weighted by atomic mass is 16.5. The maximum atomic E-state index is 12.8. The van der Waals surface area contributed by atoms with Gasteiger partial charge in [0.25, 0.3) is 0 Å². The van der Waals surface area contributed by atoms with Crippen molar-refractivity contribution in [2.75, 3.05) is 13.7 Å². The highest BCUT2D eigenvalue weighted by molar-refractivity contribution is 5.77. The van der Waals surface area contributed by atoms with Crippen LogP contribution in [0.2, 0.25) is 0 Å². The van der Waals surface area contributed by atoms with Crippen LogP contribution in [0.5, 0.6) is 5.75 Å². The molecule has 2 atom stereocenters. The third-order valence-corrected chi connectivity index (χ3v) is 4.44. The van der Waals surface area contributed by atoms with Gasteiger partial charge in [0.2, 0.25) is 5.91 Å². The summed E-state index contributed by atoms with van der Waals surface area (Å²) in [5.74, 6) is 1.12. The van der Waals surface area contributed by atoms with E-state index >= 15 is 0 Å². The molecule has 0 aliphatic carbocycles. The standard InChI is InChI=1S/C20H26N2O2/c1-5-22(16(3)17-8-6-10-19(13-17)24-4)20(23)12-15(2)18-9-7-11-21-14-18/h6-11,13-16H,5,12H2,1-4H3/t15-,16-/m1/s1. The number of rotatable bonds is 7. The lowest BCUT2D eigenvalue weighted by molar-refractivity contribution is -0.133. The maximum Gasteiger partial charge on any atom is 0.223 e. The van der Waals surface area contributed by atoms with Gasteiger partial charge < -0.3 is 9.64 Å². The molecule has 0 spiro atoms. The molecule has 4 heteroatoms. The molecule has 24 heavy (non-hydrogen) atoms. The van der Waals surface area contributed by atoms with Crippen LogP contribution in [0.4, 0.5) is 0 Å². The lowest BCUT2D eigenvalue weighted by Crippen LogP contribution is -2.34. The Morgan fingerprint density at radius 2 is 1.96 bits per heavy atom. The molecule has 4 nitrogen and oxygen atoms in total. The van der Waals surface area contributed by atoms with E-state index in [-0.39, 0.29) is 17.9 Å². The Labute approximate surface area is 144 Å². The number of aromatic nitrogens is 1. The largest absolute Gasteiger partial charge is 0.497 e. The minimum absolute atomic E-state index is 0.0127. The van der Waals surface area contributed by atoms with Crippen molar-refractivity contribution in [1.29, 1.82) is 0 Å². The zero-order chi connectivity index (χ0) is 17.5. The van der Waals surface area contributed by atoms with Crippen LogP contribution >= 0.6 is 0 Å². The van der Waals surface area contributed by atoms with Crippen molar-refractivity contribution in [3.63, 3.8) is 0 Å². The van der Waals surface area contributed by atoms with Crippen molar-refractivity contribution in [2.45, 2.75) is 39.2 Å². The van der Waals surface area contributed by atoms with E-state index in [0.29, 0.717) is 13.0 Å². The van der Waals surface area contributed by atoms with Gasteiger partial charge in [0.05, 0.1) is 13.2 Å². The van der Waals surface area contributed by atoms with E-state index in [1.54, 1.807) is 13.3 Å². The van der Waals surface area contributed by atoms with E-state index in [1.807, 2.05) is 54.4 Å². The molecule has 0 saturated carbocycles. The first-order valence-electron chi connectivity index (χ1n) is 8.40. The van der Waals surface area contributed by atoms with Crippen molar-refractivity contribution >= 4 is 5.91 Å². The van der Waals surface area contributed by atoms with E-state index in [9.17, 15) is 4.79 Å². The number of carbonyl (C=O) groups is 1. The molecule has 0 N–H and O–H groups in total. The lowest BCUT2D eigenvalue weighted by atomic mass is 9.98. The van der Waals surface area contributed by atoms with Gasteiger partial charge in [-0.2, -0.15) is 0 Å². The summed E-state index contributed by atoms with van der Waals surface area (Å²) in [6.07, 6.45) is 4.06. The van der Waals surface area contributed by atoms with Gasteiger partial charge in [-0.25, -0.2) is 0 Å². The number of amides is 1. The molecule has 128 valence electrons. The third kappa shape index (κ3) is 4.34. The van der Waals surface area contributed by atoms with Gasteiger partial charge in [-0.1, -0.05) is 25.1 Å². The molecule has 0 aliphatic rings. The van der Waals surface area contributed by atoms with E-state index in [2.05, 4.69) is 18.8 Å². The molecular formula is C20H26N2O2. The molecule has 2 rings (SSSR count). The fourth-order valence-corrected chi connectivity index (χ4v) is 2.91. The summed E-state index contributed by atoms with van der Waals surface area (Å²) in [4.78, 5) is 18.9. The summed E-state index contributed by atoms with van der Waals surface area (Å²) >= 11 is 0. The fourth-order valence-electron chi connectivity index (χ4n) is 2.91. The Balaban J connectivity index is 2.10. The number of hydrogen-bond acceptors (Lipinski definition) is 3. The van der Waals surface area contributed by atoms with E-state index in [4.69, 9.17) is 4.74 Å². The molecule has 0 saturated heterocycles. The van der Waals surface area contributed by atoms with Crippen molar-refractivity contribution in [3.05, 3.63) is 59.9 Å². The van der Waals surface area contributed by atoms with Crippen molar-refractivity contribution in [2.24, 2.45) is 0 Å². The van der Waals surface area contributed by atoms with Gasteiger partial charge in [-0.05, 0) is 49.1 Å². The van der Waals surface area contributed by atoms with E-state index in [0.717, 1.165) is 16.9 Å². The quantitative estimate of drug-likeness (QED) is 0.766. The molecule has 0 unspecified atom stereocenters. The van der Waals surface area contributed by atoms with Gasteiger partial charge in [0.15, 0.2) is 0 Å². The number of pyridine rings is 1. The van der Waals surface area contributed by atoms with Crippen LogP contribution in [0.3, 0.4) is 0 Å². The highest BCUT2D eigenvalue weighted by Gasteiger charge is 2.22. The predicted octanol–water partition coefficient (Wildman–Crippen LogP) is 4.19. The number of ether oxygens (including phenoxy) is 1. The van der Waals surface area contributed by atoms with Crippen LogP contribution in [0, 0.1) is 0 Å². The minimum Gasteiger partial charge on any atom is -0.497 e. The van der Waals surface area contributed by atoms with Crippen LogP contribution in [0.1, 0.15) is 50.3 Å². The second-order valence-electron chi connectivity index (χ2n) is 6.02. The van der Waals surface area contributed by atoms with E-state index in [1.165, 1.54) is 0 Å². The summed E-state index contributed by atoms with van der Waals surface area (Å²) in [6, 6.07) is 11.8. The minimum atomic E-state index is 0.0127. The normalized spacial score (nSPS) is 13.2. The number of methoxy groups -OCH3 is 1. The average molecular weight is 326 g/mol. The second-order valence-corrected chi connectivity index (χ2v) is 6.02. The molecule has 0 radical (unpaired) electrons. The van der Waals surface area contributed by atoms with Crippen molar-refractivity contribution < 1.29 is 9.53 Å². The monoisotopic (exact) mass is 326 g/mol. The first kappa shape index (κ1) is 18.0. The van der Waals surface area contributed by atoms with Crippen LogP contribution in [-0.2, 0) is 4.79 Å². The van der Waals surface area contributed by atoms with Crippen LogP contribution < -0.4 is 4.74 Å². The van der Waals surface area contributed by atoms with Crippen LogP contribution in [0.25, 0.3) is 0 Å². The summed E-state index contributed by atoms with van der Waals surface area (Å²) < 4.78 is 5.29. The first-order valence-corrected chi connectivity index (χ1v) is 8.40. The van der Waals surface area contributed by atoms with Gasteiger partial charge in [-0.15, -0.1) is 0 Å². The van der Waals surface area contributed by atoms with Gasteiger partial charge >= 0.3 is 0 Å². The van der Waals surface area contributed by atoms with Crippen LogP contribution in [-0.4, -0.2) is 29.4 Å². The molecule has 1 amide bonds. The van der Waals surface area contributed by atoms with Gasteiger partial charge in [-0.3, -0.25) is 9.78 Å².